The highest BCUT2D eigenvalue weighted by Crippen LogP contribution is 2.34. The summed E-state index contributed by atoms with van der Waals surface area (Å²) in [6, 6.07) is 13.8. The van der Waals surface area contributed by atoms with Crippen LogP contribution in [0.15, 0.2) is 47.5 Å². The molecule has 0 aromatic heterocycles. The molecule has 8 nitrogen and oxygen atoms in total. The summed E-state index contributed by atoms with van der Waals surface area (Å²) < 4.78 is 22.1. The van der Waals surface area contributed by atoms with E-state index in [-0.39, 0.29) is 5.84 Å². The van der Waals surface area contributed by atoms with E-state index >= 15 is 0 Å². The monoisotopic (exact) mass is 580 g/mol. The number of methoxy groups -OCH3 is 2. The van der Waals surface area contributed by atoms with E-state index in [0.717, 1.165) is 37.7 Å². The second kappa shape index (κ2) is 16.2. The van der Waals surface area contributed by atoms with Crippen molar-refractivity contribution in [3.8, 4) is 11.5 Å². The Bertz CT molecular complexity index is 1170. The average molecular weight is 581 g/mol. The molecule has 2 aromatic rings. The fourth-order valence-corrected chi connectivity index (χ4v) is 5.04. The standard InChI is InChI=1S/C34H48N2O6/c1-7-9-11-12-14-22-36(24-26-18-16-25(17-19-26)15-13-10-8-2)31(30-32(37)41-34(3,4)42-33(30)38)35-28-21-20-27(39-5)23-29(28)40-6/h16-21,23,30H,7-15,22,24H2,1-6H3. The maximum atomic E-state index is 13.4. The number of hydrogen-bond acceptors (Lipinski definition) is 7. The molecule has 1 aliphatic rings. The molecule has 42 heavy (non-hydrogen) atoms. The first-order valence-electron chi connectivity index (χ1n) is 15.3. The molecule has 1 saturated heterocycles. The molecular formula is C34H48N2O6. The van der Waals surface area contributed by atoms with Crippen molar-refractivity contribution in [1.29, 1.82) is 0 Å². The zero-order valence-electron chi connectivity index (χ0n) is 26.2. The van der Waals surface area contributed by atoms with Crippen LogP contribution in [-0.4, -0.2) is 49.2 Å². The summed E-state index contributed by atoms with van der Waals surface area (Å²) in [7, 11) is 3.13. The predicted octanol–water partition coefficient (Wildman–Crippen LogP) is 7.39. The first kappa shape index (κ1) is 33.0. The number of carbonyl (C=O) groups is 2. The quantitative estimate of drug-likeness (QED) is 0.0673. The SMILES string of the molecule is CCCCCCCN(Cc1ccc(CCCCC)cc1)C(=Nc1ccc(OC)cc1OC)C1C(=O)OC(C)(C)OC1=O. The van der Waals surface area contributed by atoms with Gasteiger partial charge in [0, 0.05) is 33.0 Å². The number of esters is 2. The minimum atomic E-state index is -1.34. The first-order chi connectivity index (χ1) is 20.2. The summed E-state index contributed by atoms with van der Waals surface area (Å²) in [5, 5.41) is 0. The number of rotatable bonds is 16. The number of nitrogens with zero attached hydrogens (tertiary/aromatic N) is 2. The molecule has 1 fully saturated rings. The molecule has 0 bridgehead atoms. The Labute approximate surface area is 251 Å². The Kier molecular flexibility index (Phi) is 12.7. The number of unbranched alkanes of at least 4 members (excludes halogenated alkanes) is 6. The molecule has 0 amide bonds. The van der Waals surface area contributed by atoms with Crippen molar-refractivity contribution in [1.82, 2.24) is 4.90 Å². The van der Waals surface area contributed by atoms with E-state index in [9.17, 15) is 9.59 Å². The highest BCUT2D eigenvalue weighted by Gasteiger charge is 2.47. The Morgan fingerprint density at radius 2 is 1.45 bits per heavy atom. The van der Waals surface area contributed by atoms with Gasteiger partial charge in [0.25, 0.3) is 5.79 Å². The molecule has 0 spiro atoms. The number of aryl methyl sites for hydroxylation is 1. The number of cyclic esters (lactones) is 2. The number of carbonyl (C=O) groups excluding carboxylic acids is 2. The van der Waals surface area contributed by atoms with Crippen LogP contribution in [0.1, 0.15) is 90.2 Å². The van der Waals surface area contributed by atoms with E-state index in [2.05, 4.69) is 38.1 Å². The average Bonchev–Trinajstić information content (AvgIpc) is 2.96. The second-order valence-electron chi connectivity index (χ2n) is 11.3. The molecule has 0 radical (unpaired) electrons. The molecule has 8 heteroatoms. The van der Waals surface area contributed by atoms with Crippen molar-refractivity contribution >= 4 is 23.5 Å². The van der Waals surface area contributed by atoms with Crippen molar-refractivity contribution in [2.75, 3.05) is 20.8 Å². The van der Waals surface area contributed by atoms with Crippen molar-refractivity contribution in [3.05, 3.63) is 53.6 Å². The molecule has 0 unspecified atom stereocenters. The van der Waals surface area contributed by atoms with Crippen molar-refractivity contribution in [3.63, 3.8) is 0 Å². The van der Waals surface area contributed by atoms with Crippen molar-refractivity contribution < 1.29 is 28.5 Å². The van der Waals surface area contributed by atoms with Gasteiger partial charge in [-0.1, -0.05) is 76.6 Å². The van der Waals surface area contributed by atoms with Gasteiger partial charge in [0.05, 0.1) is 14.2 Å². The molecular weight excluding hydrogens is 532 g/mol. The first-order valence-corrected chi connectivity index (χ1v) is 15.3. The minimum Gasteiger partial charge on any atom is -0.497 e. The molecule has 230 valence electrons. The molecule has 0 aliphatic carbocycles. The van der Waals surface area contributed by atoms with Crippen LogP contribution in [0.2, 0.25) is 0 Å². The van der Waals surface area contributed by atoms with Gasteiger partial charge in [-0.2, -0.15) is 0 Å². The molecule has 1 aliphatic heterocycles. The van der Waals surface area contributed by atoms with Crippen LogP contribution in [0, 0.1) is 5.92 Å². The number of benzene rings is 2. The largest absolute Gasteiger partial charge is 0.497 e. The van der Waals surface area contributed by atoms with Gasteiger partial charge in [-0.05, 0) is 42.5 Å². The summed E-state index contributed by atoms with van der Waals surface area (Å²) in [5.41, 5.74) is 2.84. The lowest BCUT2D eigenvalue weighted by atomic mass is 10.0. The summed E-state index contributed by atoms with van der Waals surface area (Å²) in [4.78, 5) is 33.7. The third-order valence-corrected chi connectivity index (χ3v) is 7.37. The van der Waals surface area contributed by atoms with Gasteiger partial charge < -0.3 is 23.8 Å². The fraction of sp³-hybridized carbons (Fsp3) is 0.559. The lowest BCUT2D eigenvalue weighted by Crippen LogP contribution is -2.52. The van der Waals surface area contributed by atoms with Gasteiger partial charge in [0.15, 0.2) is 0 Å². The smallest absolute Gasteiger partial charge is 0.331 e. The Balaban J connectivity index is 2.03. The number of ether oxygens (including phenoxy) is 4. The Morgan fingerprint density at radius 1 is 0.833 bits per heavy atom. The van der Waals surface area contributed by atoms with Crippen LogP contribution >= 0.6 is 0 Å². The van der Waals surface area contributed by atoms with Gasteiger partial charge in [-0.3, -0.25) is 9.59 Å². The summed E-state index contributed by atoms with van der Waals surface area (Å²) >= 11 is 0. The van der Waals surface area contributed by atoms with Crippen molar-refractivity contribution in [2.45, 2.75) is 97.8 Å². The van der Waals surface area contributed by atoms with E-state index in [4.69, 9.17) is 23.9 Å². The van der Waals surface area contributed by atoms with Crippen molar-refractivity contribution in [2.24, 2.45) is 10.9 Å². The Morgan fingerprint density at radius 3 is 2.07 bits per heavy atom. The normalized spacial score (nSPS) is 15.2. The molecule has 0 atom stereocenters. The fourth-order valence-electron chi connectivity index (χ4n) is 5.04. The van der Waals surface area contributed by atoms with Crippen LogP contribution < -0.4 is 9.47 Å². The van der Waals surface area contributed by atoms with E-state index in [1.807, 2.05) is 4.90 Å². The van der Waals surface area contributed by atoms with Crippen LogP contribution in [-0.2, 0) is 32.0 Å². The molecule has 1 heterocycles. The zero-order chi connectivity index (χ0) is 30.5. The van der Waals surface area contributed by atoms with E-state index in [1.165, 1.54) is 31.2 Å². The molecule has 3 rings (SSSR count). The summed E-state index contributed by atoms with van der Waals surface area (Å²) in [5.74, 6) is -2.66. The van der Waals surface area contributed by atoms with Crippen LogP contribution in [0.4, 0.5) is 5.69 Å². The summed E-state index contributed by atoms with van der Waals surface area (Å²) in [6.45, 7) is 8.58. The van der Waals surface area contributed by atoms with E-state index in [1.54, 1.807) is 46.3 Å². The molecule has 0 N–H and O–H groups in total. The van der Waals surface area contributed by atoms with Gasteiger partial charge in [-0.15, -0.1) is 0 Å². The third kappa shape index (κ3) is 9.50. The second-order valence-corrected chi connectivity index (χ2v) is 11.3. The highest BCUT2D eigenvalue weighted by atomic mass is 16.7. The van der Waals surface area contributed by atoms with Crippen LogP contribution in [0.5, 0.6) is 11.5 Å². The Hall–Kier alpha value is -3.55. The lowest BCUT2D eigenvalue weighted by Gasteiger charge is -2.36. The summed E-state index contributed by atoms with van der Waals surface area (Å²) in [6.07, 6.45) is 9.98. The number of amidine groups is 1. The van der Waals surface area contributed by atoms with E-state index in [0.29, 0.717) is 30.3 Å². The van der Waals surface area contributed by atoms with Crippen LogP contribution in [0.25, 0.3) is 0 Å². The van der Waals surface area contributed by atoms with Gasteiger partial charge in [0.2, 0.25) is 5.92 Å². The number of hydrogen-bond donors (Lipinski definition) is 0. The third-order valence-electron chi connectivity index (χ3n) is 7.37. The van der Waals surface area contributed by atoms with Gasteiger partial charge in [-0.25, -0.2) is 4.99 Å². The maximum Gasteiger partial charge on any atom is 0.331 e. The van der Waals surface area contributed by atoms with E-state index < -0.39 is 23.6 Å². The maximum absolute atomic E-state index is 13.4. The molecule has 2 aromatic carbocycles. The predicted molar refractivity (Wildman–Crippen MR) is 165 cm³/mol. The lowest BCUT2D eigenvalue weighted by molar-refractivity contribution is -0.236. The minimum absolute atomic E-state index is 0.284. The van der Waals surface area contributed by atoms with Gasteiger partial charge in [0.1, 0.15) is 23.0 Å². The number of aliphatic imine (C=N–C) groups is 1. The topological polar surface area (TPSA) is 86.7 Å². The zero-order valence-corrected chi connectivity index (χ0v) is 26.2. The molecule has 0 saturated carbocycles. The van der Waals surface area contributed by atoms with Gasteiger partial charge >= 0.3 is 11.9 Å². The van der Waals surface area contributed by atoms with Crippen LogP contribution in [0.3, 0.4) is 0 Å². The highest BCUT2D eigenvalue weighted by molar-refractivity contribution is 6.17.